The van der Waals surface area contributed by atoms with Crippen molar-refractivity contribution in [3.63, 3.8) is 0 Å². The molecule has 2 aromatic heterocycles. The minimum atomic E-state index is -4.82. The van der Waals surface area contributed by atoms with Crippen LogP contribution in [0.25, 0.3) is 11.2 Å². The van der Waals surface area contributed by atoms with Gasteiger partial charge in [0, 0.05) is 6.04 Å². The van der Waals surface area contributed by atoms with Gasteiger partial charge in [0.2, 0.25) is 5.82 Å². The van der Waals surface area contributed by atoms with E-state index in [1.807, 2.05) is 6.92 Å². The molecule has 0 aromatic carbocycles. The molecule has 0 amide bonds. The van der Waals surface area contributed by atoms with Gasteiger partial charge < -0.3 is 20.3 Å². The van der Waals surface area contributed by atoms with Gasteiger partial charge in [-0.3, -0.25) is 4.57 Å². The summed E-state index contributed by atoms with van der Waals surface area (Å²) in [4.78, 5) is 11.2. The lowest BCUT2D eigenvalue weighted by Crippen LogP contribution is -2.30. The van der Waals surface area contributed by atoms with Gasteiger partial charge in [0.05, 0.1) is 12.9 Å². The summed E-state index contributed by atoms with van der Waals surface area (Å²) in [6.07, 6.45) is -8.04. The Morgan fingerprint density at radius 1 is 1.36 bits per heavy atom. The third-order valence-corrected chi connectivity index (χ3v) is 5.12. The SMILES string of the molecule is CC(Nc1nc(C(F)(F)F)nc2c1ncn2[C@@H]1O[C@H](CO)[C@@H](O)[C@@H]1F)C1CC1. The van der Waals surface area contributed by atoms with Crippen LogP contribution in [-0.2, 0) is 10.9 Å². The number of aliphatic hydroxyl groups is 2. The van der Waals surface area contributed by atoms with E-state index in [0.29, 0.717) is 5.92 Å². The zero-order valence-corrected chi connectivity index (χ0v) is 14.8. The molecule has 0 spiro atoms. The molecule has 2 aliphatic rings. The first-order valence-corrected chi connectivity index (χ1v) is 8.87. The first-order chi connectivity index (χ1) is 13.2. The first-order valence-electron chi connectivity index (χ1n) is 8.87. The molecular formula is C16H19F4N5O3. The summed E-state index contributed by atoms with van der Waals surface area (Å²) in [5.74, 6) is -1.14. The Hall–Kier alpha value is -2.05. The lowest BCUT2D eigenvalue weighted by atomic mass is 10.1. The lowest BCUT2D eigenvalue weighted by Gasteiger charge is -2.17. The van der Waals surface area contributed by atoms with Gasteiger partial charge in [-0.2, -0.15) is 13.2 Å². The van der Waals surface area contributed by atoms with Crippen LogP contribution >= 0.6 is 0 Å². The van der Waals surface area contributed by atoms with E-state index in [-0.39, 0.29) is 23.0 Å². The Morgan fingerprint density at radius 3 is 2.64 bits per heavy atom. The average Bonchev–Trinajstić information content (AvgIpc) is 3.35. The summed E-state index contributed by atoms with van der Waals surface area (Å²) in [7, 11) is 0. The van der Waals surface area contributed by atoms with Crippen molar-refractivity contribution in [1.29, 1.82) is 0 Å². The van der Waals surface area contributed by atoms with E-state index in [1.165, 1.54) is 0 Å². The van der Waals surface area contributed by atoms with Gasteiger partial charge in [-0.05, 0) is 25.7 Å². The van der Waals surface area contributed by atoms with E-state index in [4.69, 9.17) is 4.74 Å². The molecule has 4 rings (SSSR count). The molecule has 154 valence electrons. The Bertz CT molecular complexity index is 872. The van der Waals surface area contributed by atoms with Crippen LogP contribution in [0.4, 0.5) is 23.4 Å². The smallest absolute Gasteiger partial charge is 0.394 e. The highest BCUT2D eigenvalue weighted by molar-refractivity contribution is 5.83. The van der Waals surface area contributed by atoms with Crippen molar-refractivity contribution in [1.82, 2.24) is 19.5 Å². The predicted octanol–water partition coefficient (Wildman–Crippen LogP) is 1.64. The molecule has 12 heteroatoms. The fourth-order valence-electron chi connectivity index (χ4n) is 3.34. The Balaban J connectivity index is 1.78. The van der Waals surface area contributed by atoms with Gasteiger partial charge in [-0.25, -0.2) is 19.3 Å². The summed E-state index contributed by atoms with van der Waals surface area (Å²) in [6, 6.07) is -0.110. The second-order valence-corrected chi connectivity index (χ2v) is 7.17. The monoisotopic (exact) mass is 405 g/mol. The molecule has 1 unspecified atom stereocenters. The number of alkyl halides is 4. The third kappa shape index (κ3) is 3.29. The zero-order valence-electron chi connectivity index (χ0n) is 14.8. The van der Waals surface area contributed by atoms with Crippen LogP contribution in [0, 0.1) is 5.92 Å². The number of imidazole rings is 1. The maximum absolute atomic E-state index is 14.5. The first kappa shape index (κ1) is 19.3. The molecule has 1 saturated heterocycles. The van der Waals surface area contributed by atoms with Crippen LogP contribution in [-0.4, -0.2) is 60.8 Å². The van der Waals surface area contributed by atoms with E-state index in [9.17, 15) is 27.8 Å². The minimum Gasteiger partial charge on any atom is -0.394 e. The highest BCUT2D eigenvalue weighted by atomic mass is 19.4. The van der Waals surface area contributed by atoms with Crippen LogP contribution in [0.1, 0.15) is 31.8 Å². The van der Waals surface area contributed by atoms with E-state index < -0.39 is 43.2 Å². The quantitative estimate of drug-likeness (QED) is 0.650. The number of ether oxygens (including phenoxy) is 1. The van der Waals surface area contributed by atoms with Gasteiger partial charge in [0.25, 0.3) is 0 Å². The summed E-state index contributed by atoms with van der Waals surface area (Å²) in [5.41, 5.74) is -0.232. The highest BCUT2D eigenvalue weighted by Gasteiger charge is 2.46. The third-order valence-electron chi connectivity index (χ3n) is 5.12. The van der Waals surface area contributed by atoms with Crippen LogP contribution in [0.2, 0.25) is 0 Å². The maximum atomic E-state index is 14.5. The number of hydrogen-bond donors (Lipinski definition) is 3. The van der Waals surface area contributed by atoms with E-state index in [2.05, 4.69) is 20.3 Å². The summed E-state index contributed by atoms with van der Waals surface area (Å²) < 4.78 is 60.7. The van der Waals surface area contributed by atoms with Crippen molar-refractivity contribution in [3.05, 3.63) is 12.2 Å². The summed E-state index contributed by atoms with van der Waals surface area (Å²) >= 11 is 0. The Morgan fingerprint density at radius 2 is 2.07 bits per heavy atom. The van der Waals surface area contributed by atoms with Crippen molar-refractivity contribution < 1.29 is 32.5 Å². The molecule has 1 aliphatic heterocycles. The minimum absolute atomic E-state index is 0.0400. The molecule has 2 fully saturated rings. The van der Waals surface area contributed by atoms with E-state index in [1.54, 1.807) is 0 Å². The van der Waals surface area contributed by atoms with Crippen molar-refractivity contribution in [2.75, 3.05) is 11.9 Å². The molecule has 0 radical (unpaired) electrons. The largest absolute Gasteiger partial charge is 0.451 e. The maximum Gasteiger partial charge on any atom is 0.451 e. The molecule has 8 nitrogen and oxygen atoms in total. The number of aromatic nitrogens is 4. The number of nitrogens with zero attached hydrogens (tertiary/aromatic N) is 4. The number of nitrogens with one attached hydrogen (secondary N) is 1. The highest BCUT2D eigenvalue weighted by Crippen LogP contribution is 2.38. The number of halogens is 4. The lowest BCUT2D eigenvalue weighted by molar-refractivity contribution is -0.144. The molecule has 3 heterocycles. The fraction of sp³-hybridized carbons (Fsp3) is 0.688. The zero-order chi connectivity index (χ0) is 20.2. The molecule has 3 N–H and O–H groups in total. The molecule has 28 heavy (non-hydrogen) atoms. The van der Waals surface area contributed by atoms with Crippen LogP contribution in [0.15, 0.2) is 6.33 Å². The van der Waals surface area contributed by atoms with Gasteiger partial charge in [0.1, 0.15) is 12.2 Å². The second-order valence-electron chi connectivity index (χ2n) is 7.17. The molecule has 5 atom stereocenters. The molecule has 0 bridgehead atoms. The van der Waals surface area contributed by atoms with Crippen molar-refractivity contribution in [2.45, 2.75) is 56.6 Å². The number of rotatable bonds is 5. The Kier molecular flexibility index (Phi) is 4.67. The summed E-state index contributed by atoms with van der Waals surface area (Å²) in [5, 5.41) is 21.9. The van der Waals surface area contributed by atoms with Crippen molar-refractivity contribution >= 4 is 17.0 Å². The van der Waals surface area contributed by atoms with Crippen molar-refractivity contribution in [3.8, 4) is 0 Å². The molecule has 2 aromatic rings. The van der Waals surface area contributed by atoms with E-state index in [0.717, 1.165) is 23.7 Å². The number of fused-ring (bicyclic) bond motifs is 1. The summed E-state index contributed by atoms with van der Waals surface area (Å²) in [6.45, 7) is 1.20. The van der Waals surface area contributed by atoms with Gasteiger partial charge in [0.15, 0.2) is 29.4 Å². The second kappa shape index (κ2) is 6.78. The normalized spacial score (nSPS) is 29.4. The van der Waals surface area contributed by atoms with Crippen LogP contribution in [0.3, 0.4) is 0 Å². The topological polar surface area (TPSA) is 105 Å². The van der Waals surface area contributed by atoms with Crippen molar-refractivity contribution in [2.24, 2.45) is 5.92 Å². The van der Waals surface area contributed by atoms with Gasteiger partial charge in [-0.15, -0.1) is 0 Å². The van der Waals surface area contributed by atoms with Gasteiger partial charge in [-0.1, -0.05) is 0 Å². The number of aliphatic hydroxyl groups excluding tert-OH is 2. The number of hydrogen-bond acceptors (Lipinski definition) is 7. The fourth-order valence-corrected chi connectivity index (χ4v) is 3.34. The van der Waals surface area contributed by atoms with E-state index >= 15 is 0 Å². The standard InChI is InChI=1S/C16H19F4N5O3/c1-6(7-2-3-7)22-12-10-13(24-15(23-12)16(18,19)20)25(5-21-10)14-9(17)11(27)8(4-26)28-14/h5-9,11,14,26-27H,2-4H2,1H3,(H,22,23,24)/t6?,8-,9+,11-,14-/m1/s1. The molecule has 1 aliphatic carbocycles. The Labute approximate surface area is 156 Å². The predicted molar refractivity (Wildman–Crippen MR) is 88.0 cm³/mol. The molecule has 1 saturated carbocycles. The van der Waals surface area contributed by atoms with Crippen LogP contribution < -0.4 is 5.32 Å². The molecular weight excluding hydrogens is 386 g/mol. The van der Waals surface area contributed by atoms with Crippen LogP contribution in [0.5, 0.6) is 0 Å². The average molecular weight is 405 g/mol. The van der Waals surface area contributed by atoms with Gasteiger partial charge >= 0.3 is 6.18 Å². The number of anilines is 1.